The van der Waals surface area contributed by atoms with Crippen LogP contribution in [0.25, 0.3) is 10.8 Å². The molecule has 0 aliphatic carbocycles. The molecule has 0 atom stereocenters. The van der Waals surface area contributed by atoms with Crippen molar-refractivity contribution in [3.8, 4) is 11.5 Å². The van der Waals surface area contributed by atoms with E-state index >= 15 is 0 Å². The van der Waals surface area contributed by atoms with Gasteiger partial charge in [-0.25, -0.2) is 4.79 Å². The standard InChI is InChI=1S/C12H10O4/c1-16-11-5-4-9(12(14)15)8-3-2-7(13)6-10(8)11/h2-6,13H,1H3,(H,14,15). The summed E-state index contributed by atoms with van der Waals surface area (Å²) in [6, 6.07) is 7.57. The van der Waals surface area contributed by atoms with Crippen LogP contribution in [0.15, 0.2) is 30.3 Å². The van der Waals surface area contributed by atoms with Crippen LogP contribution >= 0.6 is 0 Å². The highest BCUT2D eigenvalue weighted by molar-refractivity contribution is 6.06. The van der Waals surface area contributed by atoms with Crippen LogP contribution < -0.4 is 4.74 Å². The smallest absolute Gasteiger partial charge is 0.336 e. The first-order chi connectivity index (χ1) is 7.63. The summed E-state index contributed by atoms with van der Waals surface area (Å²) in [5.41, 5.74) is 0.191. The van der Waals surface area contributed by atoms with E-state index in [1.807, 2.05) is 0 Å². The first-order valence-corrected chi connectivity index (χ1v) is 4.66. The van der Waals surface area contributed by atoms with Crippen LogP contribution in [0, 0.1) is 0 Å². The molecule has 0 fully saturated rings. The molecule has 2 aromatic carbocycles. The van der Waals surface area contributed by atoms with Crippen LogP contribution in [-0.2, 0) is 0 Å². The largest absolute Gasteiger partial charge is 0.508 e. The van der Waals surface area contributed by atoms with Gasteiger partial charge in [-0.05, 0) is 30.3 Å². The van der Waals surface area contributed by atoms with Gasteiger partial charge >= 0.3 is 5.97 Å². The number of rotatable bonds is 2. The highest BCUT2D eigenvalue weighted by Gasteiger charge is 2.11. The topological polar surface area (TPSA) is 66.8 Å². The Morgan fingerprint density at radius 3 is 2.56 bits per heavy atom. The van der Waals surface area contributed by atoms with Crippen molar-refractivity contribution < 1.29 is 19.7 Å². The molecule has 4 heteroatoms. The number of benzene rings is 2. The average molecular weight is 218 g/mol. The van der Waals surface area contributed by atoms with Crippen molar-refractivity contribution in [3.63, 3.8) is 0 Å². The van der Waals surface area contributed by atoms with Gasteiger partial charge in [-0.3, -0.25) is 0 Å². The molecule has 0 saturated carbocycles. The van der Waals surface area contributed by atoms with Crippen molar-refractivity contribution >= 4 is 16.7 Å². The number of carboxylic acids is 1. The van der Waals surface area contributed by atoms with Gasteiger partial charge in [-0.15, -0.1) is 0 Å². The number of fused-ring (bicyclic) bond motifs is 1. The van der Waals surface area contributed by atoms with E-state index in [0.717, 1.165) is 0 Å². The van der Waals surface area contributed by atoms with Crippen molar-refractivity contribution in [2.24, 2.45) is 0 Å². The Morgan fingerprint density at radius 1 is 1.19 bits per heavy atom. The van der Waals surface area contributed by atoms with E-state index in [1.165, 1.54) is 25.3 Å². The molecular formula is C12H10O4. The zero-order valence-corrected chi connectivity index (χ0v) is 8.60. The van der Waals surface area contributed by atoms with Gasteiger partial charge in [0.2, 0.25) is 0 Å². The molecular weight excluding hydrogens is 208 g/mol. The molecule has 2 aromatic rings. The molecule has 0 spiro atoms. The van der Waals surface area contributed by atoms with Crippen LogP contribution in [-0.4, -0.2) is 23.3 Å². The number of phenols is 1. The first kappa shape index (κ1) is 10.3. The van der Waals surface area contributed by atoms with E-state index < -0.39 is 5.97 Å². The van der Waals surface area contributed by atoms with E-state index in [2.05, 4.69) is 0 Å². The molecule has 4 nitrogen and oxygen atoms in total. The zero-order valence-electron chi connectivity index (χ0n) is 8.60. The quantitative estimate of drug-likeness (QED) is 0.811. The van der Waals surface area contributed by atoms with Gasteiger partial charge in [0, 0.05) is 10.8 Å². The summed E-state index contributed by atoms with van der Waals surface area (Å²) < 4.78 is 5.11. The van der Waals surface area contributed by atoms with Gasteiger partial charge in [-0.1, -0.05) is 0 Å². The van der Waals surface area contributed by atoms with Crippen LogP contribution in [0.3, 0.4) is 0 Å². The summed E-state index contributed by atoms with van der Waals surface area (Å²) in [5, 5.41) is 19.5. The summed E-state index contributed by atoms with van der Waals surface area (Å²) >= 11 is 0. The van der Waals surface area contributed by atoms with Gasteiger partial charge in [0.1, 0.15) is 11.5 Å². The lowest BCUT2D eigenvalue weighted by Gasteiger charge is -2.08. The third-order valence-corrected chi connectivity index (χ3v) is 2.41. The molecule has 0 heterocycles. The summed E-state index contributed by atoms with van der Waals surface area (Å²) in [7, 11) is 1.50. The molecule has 0 bridgehead atoms. The van der Waals surface area contributed by atoms with Gasteiger partial charge in [0.25, 0.3) is 0 Å². The number of methoxy groups -OCH3 is 1. The summed E-state index contributed by atoms with van der Waals surface area (Å²) in [6.45, 7) is 0. The normalized spacial score (nSPS) is 10.3. The summed E-state index contributed by atoms with van der Waals surface area (Å²) in [4.78, 5) is 11.0. The Balaban J connectivity index is 2.85. The van der Waals surface area contributed by atoms with Crippen LogP contribution in [0.2, 0.25) is 0 Å². The predicted octanol–water partition coefficient (Wildman–Crippen LogP) is 2.25. The molecule has 82 valence electrons. The third kappa shape index (κ3) is 1.54. The van der Waals surface area contributed by atoms with E-state index in [0.29, 0.717) is 16.5 Å². The van der Waals surface area contributed by atoms with Gasteiger partial charge in [0.15, 0.2) is 0 Å². The van der Waals surface area contributed by atoms with Crippen molar-refractivity contribution in [1.82, 2.24) is 0 Å². The second-order valence-corrected chi connectivity index (χ2v) is 3.35. The number of aromatic carboxylic acids is 1. The average Bonchev–Trinajstić information content (AvgIpc) is 2.27. The fourth-order valence-electron chi connectivity index (χ4n) is 1.67. The molecule has 0 unspecified atom stereocenters. The maximum Gasteiger partial charge on any atom is 0.336 e. The van der Waals surface area contributed by atoms with Gasteiger partial charge in [0.05, 0.1) is 12.7 Å². The number of carboxylic acid groups (broad SMARTS) is 1. The number of hydrogen-bond donors (Lipinski definition) is 2. The Hall–Kier alpha value is -2.23. The van der Waals surface area contributed by atoms with E-state index in [-0.39, 0.29) is 11.3 Å². The maximum atomic E-state index is 11.0. The van der Waals surface area contributed by atoms with E-state index in [1.54, 1.807) is 12.1 Å². The molecule has 16 heavy (non-hydrogen) atoms. The molecule has 0 aliphatic heterocycles. The highest BCUT2D eigenvalue weighted by atomic mass is 16.5. The maximum absolute atomic E-state index is 11.0. The highest BCUT2D eigenvalue weighted by Crippen LogP contribution is 2.31. The van der Waals surface area contributed by atoms with Gasteiger partial charge < -0.3 is 14.9 Å². The Kier molecular flexibility index (Phi) is 2.40. The lowest BCUT2D eigenvalue weighted by Crippen LogP contribution is -1.98. The van der Waals surface area contributed by atoms with Crippen molar-refractivity contribution in [3.05, 3.63) is 35.9 Å². The molecule has 0 radical (unpaired) electrons. The number of aromatic hydroxyl groups is 1. The Labute approximate surface area is 91.7 Å². The van der Waals surface area contributed by atoms with Crippen LogP contribution in [0.4, 0.5) is 0 Å². The number of phenolic OH excluding ortho intramolecular Hbond substituents is 1. The molecule has 2 N–H and O–H groups in total. The van der Waals surface area contributed by atoms with E-state index in [4.69, 9.17) is 9.84 Å². The number of hydrogen-bond acceptors (Lipinski definition) is 3. The lowest BCUT2D eigenvalue weighted by atomic mass is 10.0. The Morgan fingerprint density at radius 2 is 1.94 bits per heavy atom. The monoisotopic (exact) mass is 218 g/mol. The zero-order chi connectivity index (χ0) is 11.7. The fraction of sp³-hybridized carbons (Fsp3) is 0.0833. The molecule has 0 aromatic heterocycles. The van der Waals surface area contributed by atoms with E-state index in [9.17, 15) is 9.90 Å². The number of carbonyl (C=O) groups is 1. The molecule has 2 rings (SSSR count). The van der Waals surface area contributed by atoms with Crippen molar-refractivity contribution in [2.75, 3.05) is 7.11 Å². The minimum atomic E-state index is -1.00. The fourth-order valence-corrected chi connectivity index (χ4v) is 1.67. The second kappa shape index (κ2) is 3.73. The SMILES string of the molecule is COc1ccc(C(=O)O)c2ccc(O)cc12. The first-order valence-electron chi connectivity index (χ1n) is 4.66. The van der Waals surface area contributed by atoms with Gasteiger partial charge in [-0.2, -0.15) is 0 Å². The summed E-state index contributed by atoms with van der Waals surface area (Å²) in [6.07, 6.45) is 0. The molecule has 0 aliphatic rings. The second-order valence-electron chi connectivity index (χ2n) is 3.35. The van der Waals surface area contributed by atoms with Crippen molar-refractivity contribution in [2.45, 2.75) is 0 Å². The van der Waals surface area contributed by atoms with Crippen molar-refractivity contribution in [1.29, 1.82) is 0 Å². The Bertz CT molecular complexity index is 560. The number of ether oxygens (including phenoxy) is 1. The van der Waals surface area contributed by atoms with Crippen LogP contribution in [0.1, 0.15) is 10.4 Å². The predicted molar refractivity (Wildman–Crippen MR) is 59.1 cm³/mol. The minimum Gasteiger partial charge on any atom is -0.508 e. The minimum absolute atomic E-state index is 0.0772. The van der Waals surface area contributed by atoms with Crippen LogP contribution in [0.5, 0.6) is 11.5 Å². The third-order valence-electron chi connectivity index (χ3n) is 2.41. The molecule has 0 amide bonds. The lowest BCUT2D eigenvalue weighted by molar-refractivity contribution is 0.0699. The summed E-state index contributed by atoms with van der Waals surface area (Å²) in [5.74, 6) is -0.386. The molecule has 0 saturated heterocycles.